The Kier molecular flexibility index (Phi) is 3.59. The number of nitrogens with one attached hydrogen (secondary N) is 1. The summed E-state index contributed by atoms with van der Waals surface area (Å²) in [6.07, 6.45) is 0. The number of nitrogens with zero attached hydrogens (tertiary/aromatic N) is 1. The van der Waals surface area contributed by atoms with E-state index in [1.807, 2.05) is 28.7 Å². The van der Waals surface area contributed by atoms with E-state index in [0.29, 0.717) is 30.3 Å². The van der Waals surface area contributed by atoms with Gasteiger partial charge in [-0.25, -0.2) is 9.37 Å². The van der Waals surface area contributed by atoms with E-state index >= 15 is 0 Å². The maximum Gasteiger partial charge on any atom is 0.259 e. The number of H-pyrrole nitrogens is 1. The molecule has 0 atom stereocenters. The van der Waals surface area contributed by atoms with Gasteiger partial charge in [0.15, 0.2) is 5.82 Å². The van der Waals surface area contributed by atoms with Crippen LogP contribution in [0, 0.1) is 9.39 Å². The first-order chi connectivity index (χ1) is 9.58. The fourth-order valence-corrected chi connectivity index (χ4v) is 3.35. The molecular weight excluding hydrogens is 438 g/mol. The Bertz CT molecular complexity index is 879. The molecule has 6 heteroatoms. The Labute approximate surface area is 135 Å². The van der Waals surface area contributed by atoms with E-state index in [9.17, 15) is 9.18 Å². The van der Waals surface area contributed by atoms with Gasteiger partial charge < -0.3 is 4.98 Å². The molecule has 0 unspecified atom stereocenters. The number of rotatable bonds is 1. The van der Waals surface area contributed by atoms with Crippen molar-refractivity contribution >= 4 is 49.4 Å². The van der Waals surface area contributed by atoms with Crippen LogP contribution in [0.4, 0.5) is 4.39 Å². The van der Waals surface area contributed by atoms with Crippen molar-refractivity contribution in [1.82, 2.24) is 9.97 Å². The molecule has 0 radical (unpaired) electrons. The molecule has 0 saturated heterocycles. The summed E-state index contributed by atoms with van der Waals surface area (Å²) >= 11 is 5.04. The standard InChI is InChI=1S/C14H7BrFIN2O/c15-9-6-5-8(12(17)11(9)16)13-18-10-4-2-1-3-7(10)14(20)19-13/h1-6H,(H,18,19,20). The molecule has 1 N–H and O–H groups in total. The lowest BCUT2D eigenvalue weighted by Crippen LogP contribution is -2.10. The number of aromatic amines is 1. The molecule has 3 nitrogen and oxygen atoms in total. The zero-order chi connectivity index (χ0) is 14.3. The number of halogens is 3. The summed E-state index contributed by atoms with van der Waals surface area (Å²) in [6, 6.07) is 10.4. The van der Waals surface area contributed by atoms with Crippen LogP contribution in [0.2, 0.25) is 0 Å². The number of fused-ring (bicyclic) bond motifs is 1. The quantitative estimate of drug-likeness (QED) is 0.453. The molecule has 2 aromatic carbocycles. The molecule has 20 heavy (non-hydrogen) atoms. The van der Waals surface area contributed by atoms with Gasteiger partial charge in [-0.15, -0.1) is 0 Å². The van der Waals surface area contributed by atoms with Crippen LogP contribution in [0.1, 0.15) is 0 Å². The van der Waals surface area contributed by atoms with Crippen LogP contribution in [0.5, 0.6) is 0 Å². The maximum absolute atomic E-state index is 13.9. The second-order valence-corrected chi connectivity index (χ2v) is 6.09. The van der Waals surface area contributed by atoms with Gasteiger partial charge in [0, 0.05) is 5.56 Å². The molecule has 0 fully saturated rings. The maximum atomic E-state index is 13.9. The molecule has 3 rings (SSSR count). The third kappa shape index (κ3) is 2.26. The summed E-state index contributed by atoms with van der Waals surface area (Å²) in [6.45, 7) is 0. The van der Waals surface area contributed by atoms with Crippen LogP contribution in [0.25, 0.3) is 22.3 Å². The third-order valence-electron chi connectivity index (χ3n) is 2.90. The topological polar surface area (TPSA) is 45.8 Å². The first kappa shape index (κ1) is 13.7. The largest absolute Gasteiger partial charge is 0.306 e. The van der Waals surface area contributed by atoms with E-state index in [1.165, 1.54) is 0 Å². The predicted molar refractivity (Wildman–Crippen MR) is 88.2 cm³/mol. The summed E-state index contributed by atoms with van der Waals surface area (Å²) in [5, 5.41) is 0.517. The first-order valence-corrected chi connectivity index (χ1v) is 7.58. The van der Waals surface area contributed by atoms with Gasteiger partial charge in [-0.05, 0) is 62.8 Å². The Morgan fingerprint density at radius 1 is 1.20 bits per heavy atom. The highest BCUT2D eigenvalue weighted by molar-refractivity contribution is 14.1. The second kappa shape index (κ2) is 5.25. The van der Waals surface area contributed by atoms with Crippen LogP contribution < -0.4 is 5.56 Å². The highest BCUT2D eigenvalue weighted by Crippen LogP contribution is 2.29. The van der Waals surface area contributed by atoms with Crippen LogP contribution in [0.3, 0.4) is 0 Å². The van der Waals surface area contributed by atoms with E-state index in [1.54, 1.807) is 30.3 Å². The number of hydrogen-bond acceptors (Lipinski definition) is 2. The summed E-state index contributed by atoms with van der Waals surface area (Å²) in [5.74, 6) is 0.00316. The van der Waals surface area contributed by atoms with E-state index in [4.69, 9.17) is 0 Å². The van der Waals surface area contributed by atoms with Gasteiger partial charge in [0.05, 0.1) is 18.9 Å². The highest BCUT2D eigenvalue weighted by Gasteiger charge is 2.13. The summed E-state index contributed by atoms with van der Waals surface area (Å²) in [7, 11) is 0. The Morgan fingerprint density at radius 2 is 1.95 bits per heavy atom. The van der Waals surface area contributed by atoms with Crippen LogP contribution in [-0.4, -0.2) is 9.97 Å². The normalized spacial score (nSPS) is 10.9. The SMILES string of the molecule is O=c1[nH]c(-c2ccc(Br)c(F)c2I)nc2ccccc12. The molecule has 0 aliphatic heterocycles. The van der Waals surface area contributed by atoms with Gasteiger partial charge in [-0.2, -0.15) is 0 Å². The lowest BCUT2D eigenvalue weighted by molar-refractivity contribution is 0.614. The lowest BCUT2D eigenvalue weighted by atomic mass is 10.2. The predicted octanol–water partition coefficient (Wildman–Crippen LogP) is 4.10. The van der Waals surface area contributed by atoms with Crippen molar-refractivity contribution in [3.8, 4) is 11.4 Å². The van der Waals surface area contributed by atoms with Crippen molar-refractivity contribution in [1.29, 1.82) is 0 Å². The van der Waals surface area contributed by atoms with Gasteiger partial charge in [0.2, 0.25) is 0 Å². The molecule has 0 spiro atoms. The van der Waals surface area contributed by atoms with E-state index in [0.717, 1.165) is 0 Å². The molecule has 100 valence electrons. The average molecular weight is 445 g/mol. The van der Waals surface area contributed by atoms with Crippen molar-refractivity contribution in [2.75, 3.05) is 0 Å². The minimum Gasteiger partial charge on any atom is -0.306 e. The van der Waals surface area contributed by atoms with Crippen LogP contribution >= 0.6 is 38.5 Å². The van der Waals surface area contributed by atoms with Gasteiger partial charge >= 0.3 is 0 Å². The van der Waals surface area contributed by atoms with Gasteiger partial charge in [0.25, 0.3) is 5.56 Å². The summed E-state index contributed by atoms with van der Waals surface area (Å²) < 4.78 is 14.7. The van der Waals surface area contributed by atoms with Crippen molar-refractivity contribution in [3.05, 3.63) is 60.6 Å². The number of para-hydroxylation sites is 1. The smallest absolute Gasteiger partial charge is 0.259 e. The zero-order valence-corrected chi connectivity index (χ0v) is 13.7. The lowest BCUT2D eigenvalue weighted by Gasteiger charge is -2.07. The number of hydrogen-bond donors (Lipinski definition) is 1. The minimum absolute atomic E-state index is 0.232. The molecular formula is C14H7BrFIN2O. The van der Waals surface area contributed by atoms with Crippen LogP contribution in [0.15, 0.2) is 45.7 Å². The van der Waals surface area contributed by atoms with Gasteiger partial charge in [-0.1, -0.05) is 12.1 Å². The Hall–Kier alpha value is -1.28. The van der Waals surface area contributed by atoms with Crippen molar-refractivity contribution in [3.63, 3.8) is 0 Å². The second-order valence-electron chi connectivity index (χ2n) is 4.15. The highest BCUT2D eigenvalue weighted by atomic mass is 127. The molecule has 0 amide bonds. The van der Waals surface area contributed by atoms with Crippen LogP contribution in [-0.2, 0) is 0 Å². The molecule has 0 aliphatic rings. The summed E-state index contributed by atoms with van der Waals surface area (Å²) in [4.78, 5) is 19.1. The monoisotopic (exact) mass is 444 g/mol. The Balaban J connectivity index is 2.31. The molecule has 1 heterocycles. The van der Waals surface area contributed by atoms with Crippen molar-refractivity contribution in [2.45, 2.75) is 0 Å². The number of benzene rings is 2. The van der Waals surface area contributed by atoms with Crippen molar-refractivity contribution in [2.24, 2.45) is 0 Å². The fourth-order valence-electron chi connectivity index (χ4n) is 1.92. The molecule has 0 bridgehead atoms. The van der Waals surface area contributed by atoms with Crippen molar-refractivity contribution < 1.29 is 4.39 Å². The van der Waals surface area contributed by atoms with Gasteiger partial charge in [-0.3, -0.25) is 4.79 Å². The molecule has 1 aromatic heterocycles. The molecule has 0 saturated carbocycles. The first-order valence-electron chi connectivity index (χ1n) is 5.71. The minimum atomic E-state index is -0.362. The van der Waals surface area contributed by atoms with E-state index < -0.39 is 0 Å². The van der Waals surface area contributed by atoms with E-state index in [-0.39, 0.29) is 11.4 Å². The van der Waals surface area contributed by atoms with Gasteiger partial charge in [0.1, 0.15) is 5.82 Å². The fraction of sp³-hybridized carbons (Fsp3) is 0. The zero-order valence-electron chi connectivity index (χ0n) is 9.95. The van der Waals surface area contributed by atoms with E-state index in [2.05, 4.69) is 25.9 Å². The Morgan fingerprint density at radius 3 is 2.75 bits per heavy atom. The molecule has 3 aromatic rings. The number of aromatic nitrogens is 2. The summed E-state index contributed by atoms with van der Waals surface area (Å²) in [5.41, 5.74) is 0.921. The third-order valence-corrected chi connectivity index (χ3v) is 4.57. The molecule has 0 aliphatic carbocycles. The average Bonchev–Trinajstić information content (AvgIpc) is 2.45.